The van der Waals surface area contributed by atoms with Crippen molar-refractivity contribution in [2.75, 3.05) is 17.2 Å². The number of benzene rings is 2. The van der Waals surface area contributed by atoms with Crippen LogP contribution in [0.2, 0.25) is 10.0 Å². The highest BCUT2D eigenvalue weighted by Gasteiger charge is 2.64. The second-order valence-electron chi connectivity index (χ2n) is 7.21. The molecule has 170 valence electrons. The zero-order valence-electron chi connectivity index (χ0n) is 15.6. The molecular formula is C19H14Cl2F8N2. The van der Waals surface area contributed by atoms with Crippen LogP contribution in [-0.4, -0.2) is 18.8 Å². The largest absolute Gasteiger partial charge is 0.418 e. The van der Waals surface area contributed by atoms with E-state index < -0.39 is 68.7 Å². The lowest BCUT2D eigenvalue weighted by Gasteiger charge is -2.39. The number of anilines is 2. The highest BCUT2D eigenvalue weighted by Crippen LogP contribution is 2.54. The van der Waals surface area contributed by atoms with Crippen molar-refractivity contribution in [3.8, 4) is 0 Å². The van der Waals surface area contributed by atoms with Crippen LogP contribution in [0.25, 0.3) is 0 Å². The summed E-state index contributed by atoms with van der Waals surface area (Å²) < 4.78 is 111. The Balaban J connectivity index is 2.18. The van der Waals surface area contributed by atoms with Crippen molar-refractivity contribution >= 4 is 34.6 Å². The van der Waals surface area contributed by atoms with Crippen LogP contribution in [0.4, 0.5) is 46.5 Å². The third-order valence-corrected chi connectivity index (χ3v) is 6.30. The average Bonchev–Trinajstić information content (AvgIpc) is 3.00. The highest BCUT2D eigenvalue weighted by molar-refractivity contribution is 6.35. The Bertz CT molecular complexity index is 1020. The predicted octanol–water partition coefficient (Wildman–Crippen LogP) is 6.97. The number of nitrogen functional groups attached to an aromatic ring is 1. The third kappa shape index (κ3) is 3.67. The van der Waals surface area contributed by atoms with E-state index in [0.717, 1.165) is 24.0 Å². The summed E-state index contributed by atoms with van der Waals surface area (Å²) in [6.45, 7) is 0.725. The molecule has 2 nitrogen and oxygen atoms in total. The zero-order chi connectivity index (χ0) is 23.5. The quantitative estimate of drug-likeness (QED) is 0.212. The number of nitrogens with two attached hydrogens (primary N) is 1. The number of alkyl halides is 6. The molecule has 1 aliphatic heterocycles. The molecule has 1 heterocycles. The molecule has 0 saturated carbocycles. The molecule has 0 aromatic heterocycles. The van der Waals surface area contributed by atoms with Gasteiger partial charge in [-0.05, 0) is 37.6 Å². The van der Waals surface area contributed by atoms with Gasteiger partial charge in [0.05, 0.1) is 10.6 Å². The summed E-state index contributed by atoms with van der Waals surface area (Å²) in [5.74, 6) is -3.03. The molecule has 2 aromatic rings. The maximum atomic E-state index is 14.7. The van der Waals surface area contributed by atoms with Crippen LogP contribution in [0.1, 0.15) is 24.5 Å². The molecule has 2 unspecified atom stereocenters. The van der Waals surface area contributed by atoms with E-state index in [4.69, 9.17) is 28.9 Å². The van der Waals surface area contributed by atoms with Crippen LogP contribution in [-0.2, 0) is 11.6 Å². The Labute approximate surface area is 181 Å². The molecule has 0 aliphatic carbocycles. The van der Waals surface area contributed by atoms with Gasteiger partial charge in [-0.2, -0.15) is 26.3 Å². The Morgan fingerprint density at radius 3 is 2.19 bits per heavy atom. The minimum Gasteiger partial charge on any atom is -0.398 e. The van der Waals surface area contributed by atoms with Gasteiger partial charge in [0.2, 0.25) is 0 Å². The second-order valence-corrected chi connectivity index (χ2v) is 7.99. The SMILES string of the molecule is CC1N(c2ccc(N)c(C(F)(F)F)c2)CCC1(c1cc(Cl)c(F)c(Cl)c1F)C(F)(F)F. The second kappa shape index (κ2) is 7.58. The lowest BCUT2D eigenvalue weighted by atomic mass is 9.73. The zero-order valence-corrected chi connectivity index (χ0v) is 17.1. The van der Waals surface area contributed by atoms with Crippen LogP contribution in [0.15, 0.2) is 24.3 Å². The van der Waals surface area contributed by atoms with E-state index in [0.29, 0.717) is 12.1 Å². The van der Waals surface area contributed by atoms with E-state index in [1.807, 2.05) is 0 Å². The molecule has 2 atom stereocenters. The van der Waals surface area contributed by atoms with Gasteiger partial charge in [0, 0.05) is 29.5 Å². The smallest absolute Gasteiger partial charge is 0.398 e. The van der Waals surface area contributed by atoms with Gasteiger partial charge in [0.25, 0.3) is 0 Å². The first-order valence-corrected chi connectivity index (χ1v) is 9.52. The fourth-order valence-corrected chi connectivity index (χ4v) is 4.53. The molecule has 31 heavy (non-hydrogen) atoms. The van der Waals surface area contributed by atoms with E-state index in [1.165, 1.54) is 0 Å². The summed E-state index contributed by atoms with van der Waals surface area (Å²) in [4.78, 5) is 1.06. The normalized spacial score (nSPS) is 22.3. The van der Waals surface area contributed by atoms with Gasteiger partial charge in [-0.3, -0.25) is 0 Å². The molecule has 3 rings (SSSR count). The lowest BCUT2D eigenvalue weighted by molar-refractivity contribution is -0.192. The predicted molar refractivity (Wildman–Crippen MR) is 101 cm³/mol. The third-order valence-electron chi connectivity index (χ3n) is 5.69. The fourth-order valence-electron chi connectivity index (χ4n) is 4.07. The molecule has 0 radical (unpaired) electrons. The Morgan fingerprint density at radius 2 is 1.65 bits per heavy atom. The van der Waals surface area contributed by atoms with Crippen LogP contribution in [0, 0.1) is 11.6 Å². The molecule has 0 bridgehead atoms. The number of nitrogens with zero attached hydrogens (tertiary/aromatic N) is 1. The minimum atomic E-state index is -5.06. The van der Waals surface area contributed by atoms with Crippen molar-refractivity contribution < 1.29 is 35.1 Å². The minimum absolute atomic E-state index is 0.181. The maximum Gasteiger partial charge on any atom is 0.418 e. The fraction of sp³-hybridized carbons (Fsp3) is 0.368. The van der Waals surface area contributed by atoms with E-state index in [1.54, 1.807) is 0 Å². The van der Waals surface area contributed by atoms with E-state index in [2.05, 4.69) is 0 Å². The standard InChI is InChI=1S/C19H14Cl2F8N2/c1-8-17(19(27,28)29,11-7-12(20)16(23)14(21)15(11)22)4-5-31(8)9-2-3-13(30)10(6-9)18(24,25)26/h2-3,6-8H,4-5,30H2,1H3. The van der Waals surface area contributed by atoms with E-state index in [9.17, 15) is 35.1 Å². The molecule has 0 amide bonds. The Kier molecular flexibility index (Phi) is 5.80. The summed E-state index contributed by atoms with van der Waals surface area (Å²) >= 11 is 11.1. The molecule has 1 aliphatic rings. The number of rotatable bonds is 2. The Morgan fingerprint density at radius 1 is 1.03 bits per heavy atom. The number of hydrogen-bond acceptors (Lipinski definition) is 2. The summed E-state index contributed by atoms with van der Waals surface area (Å²) in [7, 11) is 0. The van der Waals surface area contributed by atoms with Gasteiger partial charge in [-0.1, -0.05) is 23.2 Å². The summed E-state index contributed by atoms with van der Waals surface area (Å²) in [6, 6.07) is 1.66. The van der Waals surface area contributed by atoms with Gasteiger partial charge in [-0.25, -0.2) is 8.78 Å². The van der Waals surface area contributed by atoms with Crippen molar-refractivity contribution in [2.45, 2.75) is 37.2 Å². The van der Waals surface area contributed by atoms with Crippen LogP contribution in [0.3, 0.4) is 0 Å². The summed E-state index contributed by atoms with van der Waals surface area (Å²) in [6.07, 6.45) is -10.6. The first-order chi connectivity index (χ1) is 14.1. The van der Waals surface area contributed by atoms with E-state index >= 15 is 0 Å². The average molecular weight is 493 g/mol. The van der Waals surface area contributed by atoms with Gasteiger partial charge in [-0.15, -0.1) is 0 Å². The molecule has 1 saturated heterocycles. The number of halogens is 10. The molecule has 1 fully saturated rings. The Hall–Kier alpha value is -1.94. The first kappa shape index (κ1) is 23.7. The van der Waals surface area contributed by atoms with Crippen LogP contribution < -0.4 is 10.6 Å². The molecule has 2 N–H and O–H groups in total. The molecular weight excluding hydrogens is 479 g/mol. The lowest BCUT2D eigenvalue weighted by Crippen LogP contribution is -2.51. The van der Waals surface area contributed by atoms with Crippen molar-refractivity contribution in [1.29, 1.82) is 0 Å². The number of hydrogen-bond donors (Lipinski definition) is 1. The maximum absolute atomic E-state index is 14.7. The summed E-state index contributed by atoms with van der Waals surface area (Å²) in [5.41, 5.74) is -0.500. The van der Waals surface area contributed by atoms with Crippen molar-refractivity contribution in [3.05, 3.63) is 57.1 Å². The van der Waals surface area contributed by atoms with Gasteiger partial charge in [0.15, 0.2) is 5.82 Å². The molecule has 12 heteroatoms. The van der Waals surface area contributed by atoms with E-state index in [-0.39, 0.29) is 12.2 Å². The first-order valence-electron chi connectivity index (χ1n) is 8.76. The topological polar surface area (TPSA) is 29.3 Å². The van der Waals surface area contributed by atoms with Gasteiger partial charge < -0.3 is 10.6 Å². The molecule has 2 aromatic carbocycles. The highest BCUT2D eigenvalue weighted by atomic mass is 35.5. The van der Waals surface area contributed by atoms with Crippen molar-refractivity contribution in [2.24, 2.45) is 0 Å². The molecule has 0 spiro atoms. The van der Waals surface area contributed by atoms with Crippen LogP contribution in [0.5, 0.6) is 0 Å². The van der Waals surface area contributed by atoms with Gasteiger partial charge in [0.1, 0.15) is 16.3 Å². The van der Waals surface area contributed by atoms with Crippen molar-refractivity contribution in [3.63, 3.8) is 0 Å². The van der Waals surface area contributed by atoms with Crippen LogP contribution >= 0.6 is 23.2 Å². The monoisotopic (exact) mass is 492 g/mol. The van der Waals surface area contributed by atoms with Gasteiger partial charge >= 0.3 is 12.4 Å². The summed E-state index contributed by atoms with van der Waals surface area (Å²) in [5, 5.41) is -1.99. The van der Waals surface area contributed by atoms with Crippen molar-refractivity contribution in [1.82, 2.24) is 0 Å².